The van der Waals surface area contributed by atoms with Gasteiger partial charge in [0.05, 0.1) is 0 Å². The number of benzene rings is 1. The second-order valence-corrected chi connectivity index (χ2v) is 2.74. The lowest BCUT2D eigenvalue weighted by Gasteiger charge is -2.01. The van der Waals surface area contributed by atoms with Gasteiger partial charge in [0, 0.05) is 12.7 Å². The summed E-state index contributed by atoms with van der Waals surface area (Å²) in [6.07, 6.45) is -4.39. The normalized spacial score (nSPS) is 9.56. The summed E-state index contributed by atoms with van der Waals surface area (Å²) in [6, 6.07) is 8.22. The van der Waals surface area contributed by atoms with Crippen molar-refractivity contribution in [1.29, 1.82) is 0 Å². The molecule has 0 heterocycles. The molecular weight excluding hydrogens is 221 g/mol. The molecule has 0 amide bonds. The average Bonchev–Trinajstić information content (AvgIpc) is 2.17. The molecule has 0 aliphatic rings. The zero-order valence-corrected chi connectivity index (χ0v) is 8.80. The molecule has 1 aromatic rings. The van der Waals surface area contributed by atoms with E-state index in [1.807, 2.05) is 19.2 Å². The molecule has 6 heteroatoms. The minimum Gasteiger partial charge on any atom is -0.388 e. The SMILES string of the molecule is CNc1ccccc1C.O=C=NC(F)(F)F. The van der Waals surface area contributed by atoms with Crippen molar-refractivity contribution in [2.45, 2.75) is 13.2 Å². The molecule has 0 saturated heterocycles. The number of aryl methyl sites for hydroxylation is 1. The third-order valence-corrected chi connectivity index (χ3v) is 1.59. The highest BCUT2D eigenvalue weighted by Crippen LogP contribution is 2.13. The topological polar surface area (TPSA) is 41.5 Å². The van der Waals surface area contributed by atoms with Gasteiger partial charge in [0.1, 0.15) is 0 Å². The Morgan fingerprint density at radius 3 is 2.12 bits per heavy atom. The average molecular weight is 232 g/mol. The lowest BCUT2D eigenvalue weighted by molar-refractivity contribution is -0.119. The van der Waals surface area contributed by atoms with Crippen LogP contribution in [0.4, 0.5) is 18.9 Å². The summed E-state index contributed by atoms with van der Waals surface area (Å²) in [5, 5.41) is 3.10. The summed E-state index contributed by atoms with van der Waals surface area (Å²) < 4.78 is 31.9. The van der Waals surface area contributed by atoms with E-state index in [0.717, 1.165) is 0 Å². The van der Waals surface area contributed by atoms with Gasteiger partial charge in [0.25, 0.3) is 0 Å². The zero-order valence-electron chi connectivity index (χ0n) is 8.80. The number of nitrogens with one attached hydrogen (secondary N) is 1. The summed E-state index contributed by atoms with van der Waals surface area (Å²) in [6.45, 7) is 2.09. The first-order valence-electron chi connectivity index (χ1n) is 4.30. The molecule has 0 aromatic heterocycles. The van der Waals surface area contributed by atoms with Crippen molar-refractivity contribution in [3.05, 3.63) is 29.8 Å². The van der Waals surface area contributed by atoms with Crippen LogP contribution in [0, 0.1) is 6.92 Å². The third-order valence-electron chi connectivity index (χ3n) is 1.59. The van der Waals surface area contributed by atoms with Gasteiger partial charge in [0.15, 0.2) is 0 Å². The van der Waals surface area contributed by atoms with Gasteiger partial charge in [-0.25, -0.2) is 4.79 Å². The van der Waals surface area contributed by atoms with E-state index in [1.165, 1.54) is 16.2 Å². The molecule has 0 radical (unpaired) electrons. The molecule has 1 N–H and O–H groups in total. The number of nitrogens with zero attached hydrogens (tertiary/aromatic N) is 1. The molecule has 0 saturated carbocycles. The van der Waals surface area contributed by atoms with Gasteiger partial charge in [0.2, 0.25) is 6.08 Å². The van der Waals surface area contributed by atoms with Crippen LogP contribution >= 0.6 is 0 Å². The van der Waals surface area contributed by atoms with E-state index < -0.39 is 6.30 Å². The first-order valence-corrected chi connectivity index (χ1v) is 4.30. The Morgan fingerprint density at radius 1 is 1.31 bits per heavy atom. The number of isocyanates is 1. The summed E-state index contributed by atoms with van der Waals surface area (Å²) >= 11 is 0. The van der Waals surface area contributed by atoms with Crippen LogP contribution in [0.15, 0.2) is 29.3 Å². The third kappa shape index (κ3) is 6.62. The van der Waals surface area contributed by atoms with Gasteiger partial charge in [-0.15, -0.1) is 18.2 Å². The number of para-hydroxylation sites is 1. The van der Waals surface area contributed by atoms with Crippen LogP contribution in [0.1, 0.15) is 5.56 Å². The second kappa shape index (κ2) is 6.63. The molecule has 0 fully saturated rings. The molecule has 0 bridgehead atoms. The highest BCUT2D eigenvalue weighted by Gasteiger charge is 2.25. The van der Waals surface area contributed by atoms with Crippen LogP contribution in [0.3, 0.4) is 0 Å². The predicted octanol–water partition coefficient (Wildman–Crippen LogP) is 2.88. The lowest BCUT2D eigenvalue weighted by Crippen LogP contribution is -1.99. The smallest absolute Gasteiger partial charge is 0.388 e. The van der Waals surface area contributed by atoms with Gasteiger partial charge in [-0.05, 0) is 18.6 Å². The molecular formula is C10H11F3N2O. The van der Waals surface area contributed by atoms with E-state index in [-0.39, 0.29) is 0 Å². The molecule has 0 aliphatic carbocycles. The van der Waals surface area contributed by atoms with Crippen LogP contribution in [0.25, 0.3) is 0 Å². The monoisotopic (exact) mass is 232 g/mol. The fraction of sp³-hybridized carbons (Fsp3) is 0.300. The second-order valence-electron chi connectivity index (χ2n) is 2.74. The van der Waals surface area contributed by atoms with Crippen LogP contribution in [0.5, 0.6) is 0 Å². The van der Waals surface area contributed by atoms with E-state index >= 15 is 0 Å². The first-order chi connectivity index (χ1) is 7.40. The Labute approximate surface area is 91.0 Å². The Balaban J connectivity index is 0.000000293. The van der Waals surface area contributed by atoms with Crippen molar-refractivity contribution in [3.63, 3.8) is 0 Å². The molecule has 88 valence electrons. The summed E-state index contributed by atoms with van der Waals surface area (Å²) in [5.74, 6) is 0. The molecule has 0 atom stereocenters. The lowest BCUT2D eigenvalue weighted by atomic mass is 10.2. The number of alkyl halides is 3. The van der Waals surface area contributed by atoms with Crippen molar-refractivity contribution < 1.29 is 18.0 Å². The molecule has 0 aliphatic heterocycles. The quantitative estimate of drug-likeness (QED) is 0.459. The van der Waals surface area contributed by atoms with Gasteiger partial charge in [-0.3, -0.25) is 0 Å². The number of anilines is 1. The van der Waals surface area contributed by atoms with E-state index in [4.69, 9.17) is 4.79 Å². The fourth-order valence-electron chi connectivity index (χ4n) is 0.905. The maximum atomic E-state index is 10.6. The van der Waals surface area contributed by atoms with Crippen molar-refractivity contribution in [1.82, 2.24) is 0 Å². The fourth-order valence-corrected chi connectivity index (χ4v) is 0.905. The maximum Gasteiger partial charge on any atom is 0.513 e. The number of rotatable bonds is 1. The Bertz CT molecular complexity index is 371. The molecule has 0 spiro atoms. The van der Waals surface area contributed by atoms with Crippen molar-refractivity contribution >= 4 is 11.8 Å². The van der Waals surface area contributed by atoms with E-state index in [9.17, 15) is 13.2 Å². The van der Waals surface area contributed by atoms with Crippen molar-refractivity contribution in [2.75, 3.05) is 12.4 Å². The maximum absolute atomic E-state index is 10.6. The molecule has 1 rings (SSSR count). The summed E-state index contributed by atoms with van der Waals surface area (Å²) in [5.41, 5.74) is 2.50. The van der Waals surface area contributed by atoms with Crippen LogP contribution in [-0.2, 0) is 4.79 Å². The predicted molar refractivity (Wildman–Crippen MR) is 54.9 cm³/mol. The summed E-state index contributed by atoms with van der Waals surface area (Å²) in [4.78, 5) is 10.3. The van der Waals surface area contributed by atoms with Crippen molar-refractivity contribution in [2.24, 2.45) is 4.99 Å². The van der Waals surface area contributed by atoms with Crippen LogP contribution < -0.4 is 5.32 Å². The highest BCUT2D eigenvalue weighted by atomic mass is 19.4. The van der Waals surface area contributed by atoms with Gasteiger partial charge < -0.3 is 5.32 Å². The number of hydrogen-bond donors (Lipinski definition) is 1. The van der Waals surface area contributed by atoms with Crippen LogP contribution in [-0.4, -0.2) is 19.4 Å². The number of hydrogen-bond acceptors (Lipinski definition) is 3. The van der Waals surface area contributed by atoms with Gasteiger partial charge in [-0.2, -0.15) is 0 Å². The van der Waals surface area contributed by atoms with Gasteiger partial charge in [-0.1, -0.05) is 18.2 Å². The van der Waals surface area contributed by atoms with E-state index in [1.54, 1.807) is 0 Å². The Morgan fingerprint density at radius 2 is 1.88 bits per heavy atom. The highest BCUT2D eigenvalue weighted by molar-refractivity contribution is 5.49. The Kier molecular flexibility index (Phi) is 5.88. The molecule has 16 heavy (non-hydrogen) atoms. The minimum atomic E-state index is -4.75. The number of aliphatic imine (C=N–C) groups is 1. The largest absolute Gasteiger partial charge is 0.513 e. The van der Waals surface area contributed by atoms with E-state index in [0.29, 0.717) is 6.08 Å². The van der Waals surface area contributed by atoms with Crippen LogP contribution in [0.2, 0.25) is 0 Å². The standard InChI is InChI=1S/C8H11N.C2F3NO/c1-7-5-3-4-6-8(7)9-2;3-2(4,5)6-1-7/h3-6,9H,1-2H3;. The Hall–Kier alpha value is -1.81. The zero-order chi connectivity index (χ0) is 12.6. The molecule has 3 nitrogen and oxygen atoms in total. The van der Waals surface area contributed by atoms with Gasteiger partial charge >= 0.3 is 6.30 Å². The first kappa shape index (κ1) is 14.2. The number of halogens is 3. The summed E-state index contributed by atoms with van der Waals surface area (Å²) in [7, 11) is 1.93. The number of carbonyl (C=O) groups excluding carboxylic acids is 1. The molecule has 1 aromatic carbocycles. The van der Waals surface area contributed by atoms with Crippen molar-refractivity contribution in [3.8, 4) is 0 Å². The van der Waals surface area contributed by atoms with E-state index in [2.05, 4.69) is 24.4 Å². The minimum absolute atomic E-state index is 0.358. The molecule has 0 unspecified atom stereocenters.